The summed E-state index contributed by atoms with van der Waals surface area (Å²) in [5.41, 5.74) is 3.28. The summed E-state index contributed by atoms with van der Waals surface area (Å²) in [6, 6.07) is 7.51. The molecule has 148 valence electrons. The predicted octanol–water partition coefficient (Wildman–Crippen LogP) is -0.255. The molecule has 9 nitrogen and oxygen atoms in total. The van der Waals surface area contributed by atoms with Gasteiger partial charge < -0.3 is 9.80 Å². The Bertz CT molecular complexity index is 816. The monoisotopic (exact) mass is 396 g/mol. The molecule has 1 aromatic rings. The second-order valence-corrected chi connectivity index (χ2v) is 8.34. The summed E-state index contributed by atoms with van der Waals surface area (Å²) in [6.45, 7) is 1.96. The Balaban J connectivity index is 2.01. The number of nitrogens with zero attached hydrogens (tertiary/aromatic N) is 3. The third-order valence-corrected chi connectivity index (χ3v) is 5.62. The molecule has 1 heterocycles. The van der Waals surface area contributed by atoms with Gasteiger partial charge in [-0.25, -0.2) is 13.9 Å². The van der Waals surface area contributed by atoms with Crippen LogP contribution in [0, 0.1) is 0 Å². The second kappa shape index (κ2) is 8.98. The van der Waals surface area contributed by atoms with Crippen LogP contribution in [0.15, 0.2) is 30.3 Å². The normalized spacial score (nSPS) is 15.4. The van der Waals surface area contributed by atoms with Crippen molar-refractivity contribution in [2.24, 2.45) is 0 Å². The van der Waals surface area contributed by atoms with Gasteiger partial charge in [0.1, 0.15) is 0 Å². The van der Waals surface area contributed by atoms with E-state index in [1.807, 2.05) is 24.3 Å². The molecule has 1 aliphatic heterocycles. The number of amides is 2. The Morgan fingerprint density at radius 2 is 1.85 bits per heavy atom. The Morgan fingerprint density at radius 1 is 1.22 bits per heavy atom. The van der Waals surface area contributed by atoms with Crippen LogP contribution < -0.4 is 10.4 Å². The average Bonchev–Trinajstić information content (AvgIpc) is 2.65. The van der Waals surface area contributed by atoms with E-state index in [0.29, 0.717) is 26.2 Å². The smallest absolute Gasteiger partial charge is 0.267 e. The summed E-state index contributed by atoms with van der Waals surface area (Å²) >= 11 is 0. The number of carbonyl (C=O) groups is 2. The van der Waals surface area contributed by atoms with Crippen LogP contribution in [0.2, 0.25) is 0 Å². The number of benzene rings is 1. The summed E-state index contributed by atoms with van der Waals surface area (Å²) in [7, 11) is -2.01. The molecule has 1 aromatic carbocycles. The number of piperazine rings is 1. The van der Waals surface area contributed by atoms with Gasteiger partial charge in [-0.15, -0.1) is 0 Å². The van der Waals surface area contributed by atoms with Gasteiger partial charge in [0.25, 0.3) is 5.91 Å². The van der Waals surface area contributed by atoms with Crippen molar-refractivity contribution < 1.29 is 23.2 Å². The summed E-state index contributed by atoms with van der Waals surface area (Å²) in [4.78, 5) is 27.2. The number of hydroxylamine groups is 1. The molecule has 0 saturated carbocycles. The fourth-order valence-corrected chi connectivity index (χ4v) is 3.07. The molecule has 10 heteroatoms. The van der Waals surface area contributed by atoms with Crippen molar-refractivity contribution >= 4 is 33.6 Å². The number of sulfonamides is 1. The van der Waals surface area contributed by atoms with E-state index >= 15 is 0 Å². The SMILES string of the molecule is CN(CC(=O)N1CCN(c2ccccc2/C=C/C(=O)NO)CC1)S(C)(=O)=O. The van der Waals surface area contributed by atoms with Crippen LogP contribution in [0.1, 0.15) is 5.56 Å². The molecule has 2 rings (SSSR count). The van der Waals surface area contributed by atoms with Crippen molar-refractivity contribution in [3.05, 3.63) is 35.9 Å². The number of rotatable bonds is 6. The first-order chi connectivity index (χ1) is 12.7. The topological polar surface area (TPSA) is 110 Å². The van der Waals surface area contributed by atoms with Crippen molar-refractivity contribution in [1.82, 2.24) is 14.7 Å². The highest BCUT2D eigenvalue weighted by molar-refractivity contribution is 7.88. The van der Waals surface area contributed by atoms with Gasteiger partial charge in [-0.2, -0.15) is 4.31 Å². The Labute approximate surface area is 158 Å². The summed E-state index contributed by atoms with van der Waals surface area (Å²) < 4.78 is 23.9. The van der Waals surface area contributed by atoms with Crippen molar-refractivity contribution in [2.75, 3.05) is 50.9 Å². The molecule has 0 aliphatic carbocycles. The number of carbonyl (C=O) groups excluding carboxylic acids is 2. The number of nitrogens with one attached hydrogen (secondary N) is 1. The molecule has 0 unspecified atom stereocenters. The highest BCUT2D eigenvalue weighted by Crippen LogP contribution is 2.23. The Morgan fingerprint density at radius 3 is 2.44 bits per heavy atom. The van der Waals surface area contributed by atoms with Gasteiger partial charge in [0.2, 0.25) is 15.9 Å². The van der Waals surface area contributed by atoms with Gasteiger partial charge in [0.15, 0.2) is 0 Å². The quantitative estimate of drug-likeness (QED) is 0.390. The van der Waals surface area contributed by atoms with E-state index in [4.69, 9.17) is 5.21 Å². The van der Waals surface area contributed by atoms with Crippen molar-refractivity contribution in [3.63, 3.8) is 0 Å². The lowest BCUT2D eigenvalue weighted by atomic mass is 10.1. The van der Waals surface area contributed by atoms with E-state index in [2.05, 4.69) is 4.90 Å². The summed E-state index contributed by atoms with van der Waals surface area (Å²) in [5, 5.41) is 8.58. The molecular weight excluding hydrogens is 372 g/mol. The Kier molecular flexibility index (Phi) is 6.94. The molecule has 1 saturated heterocycles. The van der Waals surface area contributed by atoms with E-state index in [9.17, 15) is 18.0 Å². The van der Waals surface area contributed by atoms with Gasteiger partial charge in [-0.05, 0) is 17.7 Å². The molecule has 2 amide bonds. The Hall–Kier alpha value is -2.43. The lowest BCUT2D eigenvalue weighted by Gasteiger charge is -2.37. The third kappa shape index (κ3) is 5.78. The average molecular weight is 396 g/mol. The van der Waals surface area contributed by atoms with E-state index in [-0.39, 0.29) is 12.5 Å². The largest absolute Gasteiger partial charge is 0.367 e. The lowest BCUT2D eigenvalue weighted by molar-refractivity contribution is -0.131. The van der Waals surface area contributed by atoms with Gasteiger partial charge in [-0.1, -0.05) is 18.2 Å². The molecule has 1 aliphatic rings. The van der Waals surface area contributed by atoms with Crippen LogP contribution in [-0.2, 0) is 19.6 Å². The molecule has 0 bridgehead atoms. The molecule has 0 atom stereocenters. The van der Waals surface area contributed by atoms with E-state index in [1.54, 1.807) is 16.5 Å². The van der Waals surface area contributed by atoms with Crippen LogP contribution in [0.5, 0.6) is 0 Å². The maximum absolute atomic E-state index is 12.3. The minimum absolute atomic E-state index is 0.172. The van der Waals surface area contributed by atoms with Crippen LogP contribution in [0.4, 0.5) is 5.69 Å². The third-order valence-electron chi connectivity index (χ3n) is 4.36. The van der Waals surface area contributed by atoms with Crippen molar-refractivity contribution in [1.29, 1.82) is 0 Å². The molecule has 27 heavy (non-hydrogen) atoms. The predicted molar refractivity (Wildman–Crippen MR) is 102 cm³/mol. The zero-order valence-electron chi connectivity index (χ0n) is 15.3. The summed E-state index contributed by atoms with van der Waals surface area (Å²) in [6.07, 6.45) is 3.92. The van der Waals surface area contributed by atoms with Crippen molar-refractivity contribution in [2.45, 2.75) is 0 Å². The van der Waals surface area contributed by atoms with Gasteiger partial charge in [0.05, 0.1) is 12.8 Å². The lowest BCUT2D eigenvalue weighted by Crippen LogP contribution is -2.51. The second-order valence-electron chi connectivity index (χ2n) is 6.26. The molecule has 0 aromatic heterocycles. The van der Waals surface area contributed by atoms with Gasteiger partial charge in [0, 0.05) is 45.0 Å². The standard InChI is InChI=1S/C17H24N4O5S/c1-19(27(2,25)26)13-17(23)21-11-9-20(10-12-21)15-6-4-3-5-14(15)7-8-16(22)18-24/h3-8,24H,9-13H2,1-2H3,(H,18,22)/b8-7+. The molecule has 0 spiro atoms. The van der Waals surface area contributed by atoms with E-state index in [0.717, 1.165) is 21.8 Å². The highest BCUT2D eigenvalue weighted by Gasteiger charge is 2.24. The summed E-state index contributed by atoms with van der Waals surface area (Å²) in [5.74, 6) is -0.842. The van der Waals surface area contributed by atoms with Crippen LogP contribution >= 0.6 is 0 Å². The zero-order valence-corrected chi connectivity index (χ0v) is 16.1. The number of hydrogen-bond donors (Lipinski definition) is 2. The number of para-hydroxylation sites is 1. The molecule has 1 fully saturated rings. The minimum Gasteiger partial charge on any atom is -0.367 e. The molecule has 2 N–H and O–H groups in total. The fourth-order valence-electron chi connectivity index (χ4n) is 2.72. The maximum atomic E-state index is 12.3. The molecule has 0 radical (unpaired) electrons. The molecular formula is C17H24N4O5S. The van der Waals surface area contributed by atoms with E-state index < -0.39 is 15.9 Å². The first-order valence-corrected chi connectivity index (χ1v) is 10.2. The number of likely N-dealkylation sites (N-methyl/N-ethyl adjacent to an activating group) is 1. The highest BCUT2D eigenvalue weighted by atomic mass is 32.2. The minimum atomic E-state index is -3.39. The number of hydrogen-bond acceptors (Lipinski definition) is 6. The fraction of sp³-hybridized carbons (Fsp3) is 0.412. The van der Waals surface area contributed by atoms with E-state index in [1.165, 1.54) is 13.1 Å². The van der Waals surface area contributed by atoms with Crippen LogP contribution in [0.25, 0.3) is 6.08 Å². The maximum Gasteiger partial charge on any atom is 0.267 e. The van der Waals surface area contributed by atoms with Gasteiger partial charge in [-0.3, -0.25) is 14.8 Å². The zero-order chi connectivity index (χ0) is 20.0. The van der Waals surface area contributed by atoms with Gasteiger partial charge >= 0.3 is 0 Å². The first kappa shape index (κ1) is 20.9. The van der Waals surface area contributed by atoms with Crippen LogP contribution in [0.3, 0.4) is 0 Å². The number of anilines is 1. The van der Waals surface area contributed by atoms with Crippen LogP contribution in [-0.4, -0.2) is 80.7 Å². The van der Waals surface area contributed by atoms with Crippen molar-refractivity contribution in [3.8, 4) is 0 Å². The first-order valence-electron chi connectivity index (χ1n) is 8.37.